The number of phenols is 1. The number of imidazole rings is 1. The lowest BCUT2D eigenvalue weighted by Gasteiger charge is -2.19. The molecular formula is C26H29N3O. The molecule has 0 aliphatic carbocycles. The van der Waals surface area contributed by atoms with Crippen molar-refractivity contribution in [3.8, 4) is 11.4 Å². The van der Waals surface area contributed by atoms with Crippen molar-refractivity contribution in [2.75, 3.05) is 5.32 Å². The predicted molar refractivity (Wildman–Crippen MR) is 125 cm³/mol. The third kappa shape index (κ3) is 3.90. The number of rotatable bonds is 4. The van der Waals surface area contributed by atoms with Crippen LogP contribution in [0.1, 0.15) is 43.0 Å². The van der Waals surface area contributed by atoms with Crippen LogP contribution in [0.2, 0.25) is 0 Å². The van der Waals surface area contributed by atoms with Gasteiger partial charge in [-0.25, -0.2) is 4.98 Å². The second kappa shape index (κ2) is 7.52. The van der Waals surface area contributed by atoms with Crippen molar-refractivity contribution in [2.24, 2.45) is 0 Å². The second-order valence-electron chi connectivity index (χ2n) is 9.01. The van der Waals surface area contributed by atoms with Gasteiger partial charge in [-0.05, 0) is 77.9 Å². The minimum Gasteiger partial charge on any atom is -0.508 e. The normalized spacial score (nSPS) is 11.8. The summed E-state index contributed by atoms with van der Waals surface area (Å²) in [4.78, 5) is 4.87. The molecule has 0 bridgehead atoms. The van der Waals surface area contributed by atoms with E-state index in [2.05, 4.69) is 80.9 Å². The fraction of sp³-hybridized carbons (Fsp3) is 0.269. The largest absolute Gasteiger partial charge is 0.508 e. The monoisotopic (exact) mass is 399 g/mol. The van der Waals surface area contributed by atoms with E-state index in [4.69, 9.17) is 4.98 Å². The van der Waals surface area contributed by atoms with E-state index in [-0.39, 0.29) is 11.2 Å². The van der Waals surface area contributed by atoms with Crippen LogP contribution in [0.3, 0.4) is 0 Å². The number of benzene rings is 3. The summed E-state index contributed by atoms with van der Waals surface area (Å²) >= 11 is 0. The van der Waals surface area contributed by atoms with Gasteiger partial charge in [0.2, 0.25) is 5.95 Å². The highest BCUT2D eigenvalue weighted by atomic mass is 16.3. The molecule has 0 spiro atoms. The van der Waals surface area contributed by atoms with E-state index < -0.39 is 0 Å². The molecular weight excluding hydrogens is 370 g/mol. The number of phenolic OH excluding ortho intramolecular Hbond substituents is 1. The Kier molecular flexibility index (Phi) is 5.02. The highest BCUT2D eigenvalue weighted by molar-refractivity contribution is 5.83. The Morgan fingerprint density at radius 2 is 1.53 bits per heavy atom. The number of hydrogen-bond acceptors (Lipinski definition) is 3. The van der Waals surface area contributed by atoms with Crippen molar-refractivity contribution in [3.05, 3.63) is 82.9 Å². The molecule has 154 valence electrons. The van der Waals surface area contributed by atoms with E-state index >= 15 is 0 Å². The number of anilines is 1. The van der Waals surface area contributed by atoms with Crippen LogP contribution in [0.15, 0.2) is 60.7 Å². The first-order chi connectivity index (χ1) is 14.2. The van der Waals surface area contributed by atoms with Gasteiger partial charge in [0, 0.05) is 12.2 Å². The summed E-state index contributed by atoms with van der Waals surface area (Å²) in [6, 6.07) is 20.3. The van der Waals surface area contributed by atoms with Crippen LogP contribution in [0.25, 0.3) is 16.7 Å². The first-order valence-electron chi connectivity index (χ1n) is 10.3. The van der Waals surface area contributed by atoms with E-state index in [1.165, 1.54) is 22.3 Å². The fourth-order valence-electron chi connectivity index (χ4n) is 3.62. The molecule has 1 heterocycles. The molecule has 4 aromatic rings. The Morgan fingerprint density at radius 3 is 2.17 bits per heavy atom. The van der Waals surface area contributed by atoms with Gasteiger partial charge in [-0.2, -0.15) is 0 Å². The molecule has 3 aromatic carbocycles. The lowest BCUT2D eigenvalue weighted by atomic mass is 9.87. The molecule has 4 rings (SSSR count). The van der Waals surface area contributed by atoms with Crippen molar-refractivity contribution >= 4 is 17.0 Å². The van der Waals surface area contributed by atoms with Gasteiger partial charge in [-0.15, -0.1) is 0 Å². The number of aromatic nitrogens is 2. The Labute approximate surface area is 178 Å². The quantitative estimate of drug-likeness (QED) is 0.426. The maximum atomic E-state index is 9.71. The Balaban J connectivity index is 1.71. The van der Waals surface area contributed by atoms with Gasteiger partial charge in [-0.3, -0.25) is 4.57 Å². The molecule has 0 aliphatic heterocycles. The molecule has 30 heavy (non-hydrogen) atoms. The van der Waals surface area contributed by atoms with Gasteiger partial charge in [0.1, 0.15) is 5.75 Å². The van der Waals surface area contributed by atoms with Crippen LogP contribution in [0.4, 0.5) is 5.95 Å². The highest BCUT2D eigenvalue weighted by Crippen LogP contribution is 2.28. The second-order valence-corrected chi connectivity index (χ2v) is 9.01. The molecule has 0 radical (unpaired) electrons. The summed E-state index contributed by atoms with van der Waals surface area (Å²) in [7, 11) is 0. The van der Waals surface area contributed by atoms with Crippen LogP contribution in [-0.2, 0) is 12.0 Å². The standard InChI is InChI=1S/C26H29N3O/c1-17-14-23-24(15-18(17)2)29(21-10-12-22(30)13-11-21)25(28-23)27-16-19-6-8-20(9-7-19)26(3,4)5/h6-15,30H,16H2,1-5H3,(H,27,28). The van der Waals surface area contributed by atoms with Gasteiger partial charge in [0.15, 0.2) is 0 Å². The summed E-state index contributed by atoms with van der Waals surface area (Å²) in [5.74, 6) is 1.05. The number of aromatic hydroxyl groups is 1. The Morgan fingerprint density at radius 1 is 0.900 bits per heavy atom. The summed E-state index contributed by atoms with van der Waals surface area (Å²) < 4.78 is 2.12. The van der Waals surface area contributed by atoms with Gasteiger partial charge in [0.05, 0.1) is 11.0 Å². The van der Waals surface area contributed by atoms with Crippen LogP contribution in [-0.4, -0.2) is 14.7 Å². The van der Waals surface area contributed by atoms with Gasteiger partial charge in [-0.1, -0.05) is 45.0 Å². The van der Waals surface area contributed by atoms with Crippen molar-refractivity contribution in [2.45, 2.75) is 46.6 Å². The van der Waals surface area contributed by atoms with Gasteiger partial charge >= 0.3 is 0 Å². The molecule has 0 saturated heterocycles. The van der Waals surface area contributed by atoms with Crippen LogP contribution in [0, 0.1) is 13.8 Å². The van der Waals surface area contributed by atoms with Crippen LogP contribution >= 0.6 is 0 Å². The zero-order valence-electron chi connectivity index (χ0n) is 18.3. The number of hydrogen-bond donors (Lipinski definition) is 2. The summed E-state index contributed by atoms with van der Waals surface area (Å²) in [6.07, 6.45) is 0. The van der Waals surface area contributed by atoms with Crippen molar-refractivity contribution in [1.29, 1.82) is 0 Å². The number of nitrogens with one attached hydrogen (secondary N) is 1. The van der Waals surface area contributed by atoms with Gasteiger partial charge in [0.25, 0.3) is 0 Å². The number of fused-ring (bicyclic) bond motifs is 1. The van der Waals surface area contributed by atoms with Crippen LogP contribution < -0.4 is 5.32 Å². The first-order valence-corrected chi connectivity index (χ1v) is 10.3. The molecule has 1 aromatic heterocycles. The highest BCUT2D eigenvalue weighted by Gasteiger charge is 2.15. The zero-order chi connectivity index (χ0) is 21.5. The Hall–Kier alpha value is -3.27. The minimum absolute atomic E-state index is 0.147. The summed E-state index contributed by atoms with van der Waals surface area (Å²) in [5.41, 5.74) is 8.10. The van der Waals surface area contributed by atoms with E-state index in [1.54, 1.807) is 12.1 Å². The molecule has 0 unspecified atom stereocenters. The van der Waals surface area contributed by atoms with E-state index in [0.717, 1.165) is 22.7 Å². The van der Waals surface area contributed by atoms with Crippen molar-refractivity contribution < 1.29 is 5.11 Å². The molecule has 0 atom stereocenters. The average Bonchev–Trinajstić information content (AvgIpc) is 3.04. The maximum Gasteiger partial charge on any atom is 0.208 e. The molecule has 4 heteroatoms. The third-order valence-corrected chi connectivity index (χ3v) is 5.65. The zero-order valence-corrected chi connectivity index (χ0v) is 18.3. The summed E-state index contributed by atoms with van der Waals surface area (Å²) in [5, 5.41) is 13.2. The maximum absolute atomic E-state index is 9.71. The first kappa shape index (κ1) is 20.0. The molecule has 0 amide bonds. The van der Waals surface area contributed by atoms with Crippen molar-refractivity contribution in [1.82, 2.24) is 9.55 Å². The molecule has 4 nitrogen and oxygen atoms in total. The lowest BCUT2D eigenvalue weighted by molar-refractivity contribution is 0.475. The smallest absolute Gasteiger partial charge is 0.208 e. The minimum atomic E-state index is 0.147. The van der Waals surface area contributed by atoms with E-state index in [9.17, 15) is 5.11 Å². The topological polar surface area (TPSA) is 50.1 Å². The molecule has 0 fully saturated rings. The fourth-order valence-corrected chi connectivity index (χ4v) is 3.62. The van der Waals surface area contributed by atoms with Gasteiger partial charge < -0.3 is 10.4 Å². The van der Waals surface area contributed by atoms with E-state index in [0.29, 0.717) is 6.54 Å². The van der Waals surface area contributed by atoms with Crippen LogP contribution in [0.5, 0.6) is 5.75 Å². The Bertz CT molecular complexity index is 1180. The third-order valence-electron chi connectivity index (χ3n) is 5.65. The summed E-state index contributed by atoms with van der Waals surface area (Å²) in [6.45, 7) is 11.6. The average molecular weight is 400 g/mol. The lowest BCUT2D eigenvalue weighted by Crippen LogP contribution is -2.11. The molecule has 2 N–H and O–H groups in total. The SMILES string of the molecule is Cc1cc2nc(NCc3ccc(C(C)(C)C)cc3)n(-c3ccc(O)cc3)c2cc1C. The predicted octanol–water partition coefficient (Wildman–Crippen LogP) is 6.26. The van der Waals surface area contributed by atoms with Crippen molar-refractivity contribution in [3.63, 3.8) is 0 Å². The number of aryl methyl sites for hydroxylation is 2. The molecule has 0 saturated carbocycles. The number of nitrogens with zero attached hydrogens (tertiary/aromatic N) is 2. The molecule has 0 aliphatic rings. The van der Waals surface area contributed by atoms with E-state index in [1.807, 2.05) is 12.1 Å².